The Morgan fingerprint density at radius 1 is 0.366 bits per heavy atom. The molecule has 0 aliphatic heterocycles. The van der Waals surface area contributed by atoms with E-state index in [1.807, 2.05) is 0 Å². The molecule has 0 aliphatic rings. The van der Waals surface area contributed by atoms with Crippen LogP contribution in [0, 0.1) is 23.7 Å². The van der Waals surface area contributed by atoms with E-state index in [0.717, 1.165) is 50.4 Å². The van der Waals surface area contributed by atoms with E-state index in [9.17, 15) is 9.59 Å². The molecular formula is C37H74N2O2. The van der Waals surface area contributed by atoms with Gasteiger partial charge < -0.3 is 11.5 Å². The zero-order valence-corrected chi connectivity index (χ0v) is 28.4. The SMILES string of the molecule is CC(C)CCCCCCCCCCCCCC(CC(CCCCCCCCCCCCCC(C)C)C(N)=O)C(N)=O. The summed E-state index contributed by atoms with van der Waals surface area (Å²) in [7, 11) is 0. The third-order valence-electron chi connectivity index (χ3n) is 9.04. The van der Waals surface area contributed by atoms with Gasteiger partial charge in [-0.2, -0.15) is 0 Å². The maximum absolute atomic E-state index is 12.1. The van der Waals surface area contributed by atoms with Crippen LogP contribution in [-0.4, -0.2) is 11.8 Å². The van der Waals surface area contributed by atoms with Gasteiger partial charge in [-0.1, -0.05) is 182 Å². The molecule has 0 fully saturated rings. The van der Waals surface area contributed by atoms with Gasteiger partial charge in [-0.3, -0.25) is 9.59 Å². The van der Waals surface area contributed by atoms with E-state index in [1.54, 1.807) is 0 Å². The van der Waals surface area contributed by atoms with Crippen LogP contribution in [0.15, 0.2) is 0 Å². The van der Waals surface area contributed by atoms with Crippen LogP contribution in [0.3, 0.4) is 0 Å². The maximum Gasteiger partial charge on any atom is 0.220 e. The fraction of sp³-hybridized carbons (Fsp3) is 0.946. The summed E-state index contributed by atoms with van der Waals surface area (Å²) in [5.74, 6) is 0.740. The third kappa shape index (κ3) is 28.8. The van der Waals surface area contributed by atoms with E-state index < -0.39 is 0 Å². The molecule has 2 atom stereocenters. The molecule has 0 saturated heterocycles. The minimum atomic E-state index is -0.260. The van der Waals surface area contributed by atoms with E-state index in [1.165, 1.54) is 128 Å². The van der Waals surface area contributed by atoms with Gasteiger partial charge in [-0.25, -0.2) is 0 Å². The van der Waals surface area contributed by atoms with E-state index in [2.05, 4.69) is 27.7 Å². The first-order valence-corrected chi connectivity index (χ1v) is 18.3. The average molecular weight is 579 g/mol. The molecule has 0 aromatic heterocycles. The Hall–Kier alpha value is -1.06. The van der Waals surface area contributed by atoms with Crippen LogP contribution in [0.5, 0.6) is 0 Å². The fourth-order valence-corrected chi connectivity index (χ4v) is 6.16. The summed E-state index contributed by atoms with van der Waals surface area (Å²) in [5, 5.41) is 0. The molecule has 0 saturated carbocycles. The van der Waals surface area contributed by atoms with Crippen molar-refractivity contribution in [3.8, 4) is 0 Å². The van der Waals surface area contributed by atoms with Crippen molar-refractivity contribution in [1.82, 2.24) is 0 Å². The van der Waals surface area contributed by atoms with E-state index in [4.69, 9.17) is 11.5 Å². The Kier molecular flexibility index (Phi) is 28.3. The van der Waals surface area contributed by atoms with Crippen LogP contribution in [0.1, 0.15) is 201 Å². The van der Waals surface area contributed by atoms with Crippen LogP contribution in [0.4, 0.5) is 0 Å². The largest absolute Gasteiger partial charge is 0.369 e. The lowest BCUT2D eigenvalue weighted by Crippen LogP contribution is -2.31. The lowest BCUT2D eigenvalue weighted by molar-refractivity contribution is -0.125. The second-order valence-electron chi connectivity index (χ2n) is 14.2. The summed E-state index contributed by atoms with van der Waals surface area (Å²) in [6.07, 6.45) is 33.5. The molecule has 0 heterocycles. The van der Waals surface area contributed by atoms with Gasteiger partial charge in [0, 0.05) is 11.8 Å². The Labute approximate surface area is 257 Å². The van der Waals surface area contributed by atoms with Gasteiger partial charge in [-0.05, 0) is 31.1 Å². The van der Waals surface area contributed by atoms with Crippen LogP contribution in [0.25, 0.3) is 0 Å². The quantitative estimate of drug-likeness (QED) is 0.0778. The van der Waals surface area contributed by atoms with Crippen molar-refractivity contribution in [2.45, 2.75) is 201 Å². The molecule has 0 aromatic rings. The minimum absolute atomic E-state index is 0.214. The highest BCUT2D eigenvalue weighted by molar-refractivity contribution is 5.80. The number of hydrogen-bond acceptors (Lipinski definition) is 2. The molecular weight excluding hydrogens is 504 g/mol. The smallest absolute Gasteiger partial charge is 0.220 e. The number of primary amides is 2. The predicted molar refractivity (Wildman–Crippen MR) is 180 cm³/mol. The summed E-state index contributed by atoms with van der Waals surface area (Å²) < 4.78 is 0. The van der Waals surface area contributed by atoms with Crippen molar-refractivity contribution in [2.75, 3.05) is 0 Å². The monoisotopic (exact) mass is 579 g/mol. The van der Waals surface area contributed by atoms with Crippen LogP contribution in [0.2, 0.25) is 0 Å². The molecule has 0 bridgehead atoms. The highest BCUT2D eigenvalue weighted by Crippen LogP contribution is 2.24. The second-order valence-corrected chi connectivity index (χ2v) is 14.2. The van der Waals surface area contributed by atoms with E-state index in [-0.39, 0.29) is 23.7 Å². The van der Waals surface area contributed by atoms with Gasteiger partial charge in [-0.15, -0.1) is 0 Å². The molecule has 0 spiro atoms. The highest BCUT2D eigenvalue weighted by atomic mass is 16.1. The average Bonchev–Trinajstić information content (AvgIpc) is 2.91. The summed E-state index contributed by atoms with van der Waals surface area (Å²) in [5.41, 5.74) is 11.5. The molecule has 0 aliphatic carbocycles. The van der Waals surface area contributed by atoms with Gasteiger partial charge in [0.1, 0.15) is 0 Å². The van der Waals surface area contributed by atoms with Gasteiger partial charge in [0.25, 0.3) is 0 Å². The van der Waals surface area contributed by atoms with Crippen LogP contribution in [-0.2, 0) is 9.59 Å². The summed E-state index contributed by atoms with van der Waals surface area (Å²) in [6.45, 7) is 9.25. The number of carbonyl (C=O) groups excluding carboxylic acids is 2. The van der Waals surface area contributed by atoms with Gasteiger partial charge in [0.2, 0.25) is 11.8 Å². The Bertz CT molecular complexity index is 539. The molecule has 4 heteroatoms. The van der Waals surface area contributed by atoms with Crippen LogP contribution < -0.4 is 11.5 Å². The van der Waals surface area contributed by atoms with Crippen molar-refractivity contribution in [2.24, 2.45) is 35.1 Å². The number of hydrogen-bond donors (Lipinski definition) is 2. The van der Waals surface area contributed by atoms with Gasteiger partial charge in [0.05, 0.1) is 0 Å². The van der Waals surface area contributed by atoms with E-state index in [0.29, 0.717) is 6.42 Å². The van der Waals surface area contributed by atoms with Gasteiger partial charge in [0.15, 0.2) is 0 Å². The first-order valence-electron chi connectivity index (χ1n) is 18.3. The molecule has 2 unspecified atom stereocenters. The molecule has 0 radical (unpaired) electrons. The number of nitrogens with two attached hydrogens (primary N) is 2. The third-order valence-corrected chi connectivity index (χ3v) is 9.04. The molecule has 0 rings (SSSR count). The van der Waals surface area contributed by atoms with Gasteiger partial charge >= 0.3 is 0 Å². The number of rotatable bonds is 32. The second kappa shape index (κ2) is 29.0. The fourth-order valence-electron chi connectivity index (χ4n) is 6.16. The van der Waals surface area contributed by atoms with Crippen molar-refractivity contribution < 1.29 is 9.59 Å². The lowest BCUT2D eigenvalue weighted by Gasteiger charge is -2.19. The summed E-state index contributed by atoms with van der Waals surface area (Å²) in [6, 6.07) is 0. The summed E-state index contributed by atoms with van der Waals surface area (Å²) in [4.78, 5) is 24.2. The molecule has 4 nitrogen and oxygen atoms in total. The zero-order valence-electron chi connectivity index (χ0n) is 28.4. The number of carbonyl (C=O) groups is 2. The molecule has 244 valence electrons. The minimum Gasteiger partial charge on any atom is -0.369 e. The predicted octanol–water partition coefficient (Wildman–Crippen LogP) is 11.0. The lowest BCUT2D eigenvalue weighted by atomic mass is 9.86. The number of amides is 2. The van der Waals surface area contributed by atoms with E-state index >= 15 is 0 Å². The van der Waals surface area contributed by atoms with Crippen molar-refractivity contribution in [1.29, 1.82) is 0 Å². The van der Waals surface area contributed by atoms with Crippen molar-refractivity contribution in [3.63, 3.8) is 0 Å². The molecule has 2 amide bonds. The van der Waals surface area contributed by atoms with Crippen molar-refractivity contribution in [3.05, 3.63) is 0 Å². The first kappa shape index (κ1) is 39.9. The Morgan fingerprint density at radius 2 is 0.561 bits per heavy atom. The van der Waals surface area contributed by atoms with Crippen molar-refractivity contribution >= 4 is 11.8 Å². The zero-order chi connectivity index (χ0) is 30.6. The highest BCUT2D eigenvalue weighted by Gasteiger charge is 2.24. The summed E-state index contributed by atoms with van der Waals surface area (Å²) >= 11 is 0. The van der Waals surface area contributed by atoms with Crippen LogP contribution >= 0.6 is 0 Å². The molecule has 41 heavy (non-hydrogen) atoms. The number of unbranched alkanes of at least 4 members (excludes halogenated alkanes) is 20. The standard InChI is InChI=1S/C37H74N2O2/c1-32(2)27-23-19-15-11-7-5-9-13-17-21-25-29-34(36(38)40)31-35(37(39)41)30-26-22-18-14-10-6-8-12-16-20-24-28-33(3)4/h32-35H,5-31H2,1-4H3,(H2,38,40)(H2,39,41). The molecule has 0 aromatic carbocycles. The Balaban J connectivity index is 3.81. The first-order chi connectivity index (χ1) is 19.7. The normalized spacial score (nSPS) is 13.2. The topological polar surface area (TPSA) is 86.2 Å². The Morgan fingerprint density at radius 3 is 0.756 bits per heavy atom. The maximum atomic E-state index is 12.1. The molecule has 4 N–H and O–H groups in total.